The molecule has 4 atom stereocenters. The Balaban J connectivity index is 1.42. The van der Waals surface area contributed by atoms with Crippen LogP contribution < -0.4 is 19.4 Å². The summed E-state index contributed by atoms with van der Waals surface area (Å²) in [5.41, 5.74) is -0.510. The topological polar surface area (TPSA) is 63.6 Å². The molecule has 2 aliphatic heterocycles. The van der Waals surface area contributed by atoms with Crippen LogP contribution in [0, 0.1) is 17.7 Å². The Bertz CT molecular complexity index is 1280. The van der Waals surface area contributed by atoms with E-state index in [0.29, 0.717) is 30.9 Å². The summed E-state index contributed by atoms with van der Waals surface area (Å²) in [4.78, 5) is 13.6. The average Bonchev–Trinajstić information content (AvgIpc) is 3.25. The van der Waals surface area contributed by atoms with Crippen molar-refractivity contribution in [1.82, 2.24) is 0 Å². The molecule has 1 saturated heterocycles. The largest absolute Gasteiger partial charge is 0.490 e. The number of benzene rings is 2. The van der Waals surface area contributed by atoms with Crippen molar-refractivity contribution in [3.63, 3.8) is 0 Å². The number of hydrazone groups is 1. The molecule has 2 unspecified atom stereocenters. The summed E-state index contributed by atoms with van der Waals surface area (Å²) in [6.45, 7) is 2.49. The van der Waals surface area contributed by atoms with Crippen LogP contribution in [0.3, 0.4) is 0 Å². The van der Waals surface area contributed by atoms with Gasteiger partial charge >= 0.3 is 18.3 Å². The summed E-state index contributed by atoms with van der Waals surface area (Å²) in [6, 6.07) is 8.86. The van der Waals surface area contributed by atoms with E-state index in [2.05, 4.69) is 9.84 Å². The molecule has 0 aromatic heterocycles. The van der Waals surface area contributed by atoms with Crippen LogP contribution in [0.25, 0.3) is 0 Å². The van der Waals surface area contributed by atoms with Gasteiger partial charge in [-0.25, -0.2) is 4.39 Å². The summed E-state index contributed by atoms with van der Waals surface area (Å²) >= 11 is 0. The molecule has 14 heteroatoms. The number of alkyl halides is 6. The Hall–Kier alpha value is -3.71. The maximum Gasteiger partial charge on any atom is 0.431 e. The second-order valence-electron chi connectivity index (χ2n) is 10.3. The molecule has 2 aromatic carbocycles. The fraction of sp³-hybridized carbons (Fsp3) is 0.500. The minimum atomic E-state index is -4.66. The van der Waals surface area contributed by atoms with E-state index in [4.69, 9.17) is 9.47 Å². The number of hydrogen-bond donors (Lipinski definition) is 0. The molecule has 1 fully saturated rings. The van der Waals surface area contributed by atoms with Crippen LogP contribution in [0.15, 0.2) is 47.6 Å². The zero-order valence-corrected chi connectivity index (χ0v) is 23.0. The van der Waals surface area contributed by atoms with Gasteiger partial charge in [0.2, 0.25) is 0 Å². The van der Waals surface area contributed by atoms with Crippen molar-refractivity contribution in [3.8, 4) is 11.5 Å². The van der Waals surface area contributed by atoms with Crippen LogP contribution >= 0.6 is 0 Å². The number of esters is 1. The third-order valence-corrected chi connectivity index (χ3v) is 7.31. The van der Waals surface area contributed by atoms with Gasteiger partial charge in [-0.2, -0.15) is 31.4 Å². The number of rotatable bonds is 8. The molecule has 0 radical (unpaired) electrons. The van der Waals surface area contributed by atoms with Crippen LogP contribution in [0.4, 0.5) is 42.1 Å². The van der Waals surface area contributed by atoms with Gasteiger partial charge in [-0.3, -0.25) is 9.80 Å². The predicted molar refractivity (Wildman–Crippen MR) is 140 cm³/mol. The molecule has 7 nitrogen and oxygen atoms in total. The van der Waals surface area contributed by atoms with Crippen molar-refractivity contribution >= 4 is 23.1 Å². The third kappa shape index (κ3) is 7.37. The molecular formula is C28H30F7N3O4. The van der Waals surface area contributed by atoms with Gasteiger partial charge in [-0.05, 0) is 36.4 Å². The summed E-state index contributed by atoms with van der Waals surface area (Å²) in [5.74, 6) is -2.06. The fourth-order valence-electron chi connectivity index (χ4n) is 5.12. The molecule has 0 amide bonds. The molecular weight excluding hydrogens is 575 g/mol. The number of piperidine rings is 1. The Morgan fingerprint density at radius 1 is 1.02 bits per heavy atom. The molecule has 0 N–H and O–H groups in total. The third-order valence-electron chi connectivity index (χ3n) is 7.31. The molecule has 2 aliphatic rings. The van der Waals surface area contributed by atoms with Crippen LogP contribution in [0.1, 0.15) is 26.7 Å². The van der Waals surface area contributed by atoms with E-state index in [-0.39, 0.29) is 29.9 Å². The number of carbonyl (C=O) groups is 1. The minimum Gasteiger partial charge on any atom is -0.490 e. The molecule has 0 saturated carbocycles. The second kappa shape index (κ2) is 12.3. The van der Waals surface area contributed by atoms with Gasteiger partial charge in [0.25, 0.3) is 0 Å². The molecule has 42 heavy (non-hydrogen) atoms. The highest BCUT2D eigenvalue weighted by Gasteiger charge is 2.49. The Morgan fingerprint density at radius 2 is 1.69 bits per heavy atom. The van der Waals surface area contributed by atoms with Crippen LogP contribution in [0.2, 0.25) is 0 Å². The molecule has 2 aromatic rings. The highest BCUT2D eigenvalue weighted by molar-refractivity contribution is 5.96. The van der Waals surface area contributed by atoms with E-state index >= 15 is 0 Å². The second-order valence-corrected chi connectivity index (χ2v) is 10.3. The van der Waals surface area contributed by atoms with Gasteiger partial charge in [0, 0.05) is 37.4 Å². The normalized spacial score (nSPS) is 23.0. The highest BCUT2D eigenvalue weighted by Crippen LogP contribution is 2.37. The molecule has 230 valence electrons. The van der Waals surface area contributed by atoms with E-state index in [9.17, 15) is 35.5 Å². The minimum absolute atomic E-state index is 0.0947. The zero-order chi connectivity index (χ0) is 30.8. The number of hydrogen-bond acceptors (Lipinski definition) is 7. The maximum atomic E-state index is 14.5. The van der Waals surface area contributed by atoms with Gasteiger partial charge in [0.1, 0.15) is 29.1 Å². The van der Waals surface area contributed by atoms with E-state index < -0.39 is 48.4 Å². The molecule has 0 bridgehead atoms. The van der Waals surface area contributed by atoms with Gasteiger partial charge in [0.15, 0.2) is 6.61 Å². The monoisotopic (exact) mass is 605 g/mol. The van der Waals surface area contributed by atoms with Crippen molar-refractivity contribution in [1.29, 1.82) is 0 Å². The maximum absolute atomic E-state index is 14.5. The van der Waals surface area contributed by atoms with E-state index in [1.807, 2.05) is 6.92 Å². The summed E-state index contributed by atoms with van der Waals surface area (Å²) in [6.07, 6.45) is -9.27. The van der Waals surface area contributed by atoms with E-state index in [0.717, 1.165) is 19.2 Å². The first-order chi connectivity index (χ1) is 19.7. The Kier molecular flexibility index (Phi) is 9.12. The molecule has 4 rings (SSSR count). The zero-order valence-electron chi connectivity index (χ0n) is 23.0. The van der Waals surface area contributed by atoms with Gasteiger partial charge in [-0.1, -0.05) is 13.8 Å². The first-order valence-electron chi connectivity index (χ1n) is 13.2. The molecule has 0 aliphatic carbocycles. The lowest BCUT2D eigenvalue weighted by Gasteiger charge is -2.38. The van der Waals surface area contributed by atoms with Crippen molar-refractivity contribution in [2.45, 2.75) is 51.2 Å². The predicted octanol–water partition coefficient (Wildman–Crippen LogP) is 6.37. The van der Waals surface area contributed by atoms with Gasteiger partial charge in [0.05, 0.1) is 30.9 Å². The number of methoxy groups -OCH3 is 1. The molecule has 2 heterocycles. The van der Waals surface area contributed by atoms with Crippen molar-refractivity contribution < 1.29 is 49.7 Å². The van der Waals surface area contributed by atoms with Crippen molar-refractivity contribution in [2.24, 2.45) is 16.9 Å². The van der Waals surface area contributed by atoms with Crippen LogP contribution in [-0.2, 0) is 9.53 Å². The number of nitrogens with zero attached hydrogens (tertiary/aromatic N) is 3. The SMILES string of the molecule is COC(=O)C[C@H]1[C@H](C)C(C(F)(F)F)=NN1c1ccc(OC2CCN(c3cc(OCC(F)(F)F)ccc3F)CC2C)cc1. The Labute approximate surface area is 237 Å². The highest BCUT2D eigenvalue weighted by atomic mass is 19.4. The number of ether oxygens (including phenoxy) is 3. The summed E-state index contributed by atoms with van der Waals surface area (Å²) in [5, 5.41) is 4.96. The Morgan fingerprint density at radius 3 is 2.29 bits per heavy atom. The van der Waals surface area contributed by atoms with Crippen LogP contribution in [0.5, 0.6) is 11.5 Å². The summed E-state index contributed by atoms with van der Waals surface area (Å²) in [7, 11) is 1.16. The number of halogens is 7. The lowest BCUT2D eigenvalue weighted by molar-refractivity contribution is -0.153. The number of anilines is 2. The molecule has 0 spiro atoms. The van der Waals surface area contributed by atoms with Crippen molar-refractivity contribution in [2.75, 3.05) is 36.7 Å². The first kappa shape index (κ1) is 31.2. The lowest BCUT2D eigenvalue weighted by Crippen LogP contribution is -2.44. The standard InChI is InChI=1S/C28H30F7N3O4/c1-16-14-37(23-12-20(8-9-21(23)29)41-15-27(30,31)32)11-10-24(16)42-19-6-4-18(5-7-19)38-22(13-25(39)40-3)17(2)26(36-38)28(33,34)35/h4-9,12,16-17,22,24H,10-11,13-15H2,1-3H3/t16?,17-,22-,24?/m0/s1. The van der Waals surface area contributed by atoms with Crippen molar-refractivity contribution in [3.05, 3.63) is 48.3 Å². The van der Waals surface area contributed by atoms with E-state index in [1.54, 1.807) is 29.2 Å². The lowest BCUT2D eigenvalue weighted by atomic mass is 9.94. The van der Waals surface area contributed by atoms with E-state index in [1.165, 1.54) is 18.0 Å². The fourth-order valence-corrected chi connectivity index (χ4v) is 5.12. The smallest absolute Gasteiger partial charge is 0.431 e. The van der Waals surface area contributed by atoms with Gasteiger partial charge in [-0.15, -0.1) is 0 Å². The van der Waals surface area contributed by atoms with Gasteiger partial charge < -0.3 is 19.1 Å². The number of carbonyl (C=O) groups excluding carboxylic acids is 1. The average molecular weight is 606 g/mol. The summed E-state index contributed by atoms with van der Waals surface area (Å²) < 4.78 is 108. The quantitative estimate of drug-likeness (QED) is 0.258. The van der Waals surface area contributed by atoms with Crippen LogP contribution in [-0.4, -0.2) is 63.0 Å². The first-order valence-corrected chi connectivity index (χ1v) is 13.2.